The standard InChI is InChI=1S/C16H29N3O2/c1-13(16(21)18-9-5-3-4-6-10-18)19-11-7-8-15(12-19)17-14(2)20/h13,15H,3-12H2,1-2H3,(H,17,20)/t13-,15+/m1/s1. The molecule has 5 nitrogen and oxygen atoms in total. The number of nitrogens with zero attached hydrogens (tertiary/aromatic N) is 2. The Kier molecular flexibility index (Phi) is 6.03. The number of amides is 2. The third-order valence-electron chi connectivity index (χ3n) is 4.68. The van der Waals surface area contributed by atoms with Crippen molar-refractivity contribution in [2.75, 3.05) is 26.2 Å². The van der Waals surface area contributed by atoms with Gasteiger partial charge in [0.2, 0.25) is 11.8 Å². The molecule has 0 saturated carbocycles. The van der Waals surface area contributed by atoms with Crippen LogP contribution in [0.4, 0.5) is 0 Å². The highest BCUT2D eigenvalue weighted by atomic mass is 16.2. The number of hydrogen-bond donors (Lipinski definition) is 1. The van der Waals surface area contributed by atoms with Crippen LogP contribution in [0.1, 0.15) is 52.4 Å². The number of carbonyl (C=O) groups is 2. The Morgan fingerprint density at radius 1 is 1.05 bits per heavy atom. The van der Waals surface area contributed by atoms with E-state index < -0.39 is 0 Å². The summed E-state index contributed by atoms with van der Waals surface area (Å²) in [6.07, 6.45) is 6.81. The zero-order chi connectivity index (χ0) is 15.2. The summed E-state index contributed by atoms with van der Waals surface area (Å²) in [6.45, 7) is 7.14. The van der Waals surface area contributed by atoms with E-state index in [0.717, 1.165) is 51.9 Å². The maximum atomic E-state index is 12.7. The molecule has 2 rings (SSSR count). The van der Waals surface area contributed by atoms with Crippen molar-refractivity contribution < 1.29 is 9.59 Å². The third kappa shape index (κ3) is 4.70. The molecule has 2 amide bonds. The smallest absolute Gasteiger partial charge is 0.239 e. The molecule has 1 N–H and O–H groups in total. The van der Waals surface area contributed by atoms with Crippen LogP contribution in [0.15, 0.2) is 0 Å². The van der Waals surface area contributed by atoms with Crippen molar-refractivity contribution in [3.05, 3.63) is 0 Å². The third-order valence-corrected chi connectivity index (χ3v) is 4.68. The maximum Gasteiger partial charge on any atom is 0.239 e. The lowest BCUT2D eigenvalue weighted by atomic mass is 10.0. The van der Waals surface area contributed by atoms with Gasteiger partial charge in [0.15, 0.2) is 0 Å². The molecule has 2 aliphatic heterocycles. The molecule has 2 atom stereocenters. The van der Waals surface area contributed by atoms with Crippen molar-refractivity contribution >= 4 is 11.8 Å². The number of likely N-dealkylation sites (tertiary alicyclic amines) is 2. The molecule has 2 fully saturated rings. The number of hydrogen-bond acceptors (Lipinski definition) is 3. The van der Waals surface area contributed by atoms with Crippen LogP contribution in [0.25, 0.3) is 0 Å². The van der Waals surface area contributed by atoms with Gasteiger partial charge in [0.05, 0.1) is 6.04 Å². The first-order chi connectivity index (χ1) is 10.1. The van der Waals surface area contributed by atoms with Crippen LogP contribution in [0, 0.1) is 0 Å². The van der Waals surface area contributed by atoms with E-state index in [-0.39, 0.29) is 23.9 Å². The Morgan fingerprint density at radius 3 is 2.33 bits per heavy atom. The van der Waals surface area contributed by atoms with E-state index in [4.69, 9.17) is 0 Å². The van der Waals surface area contributed by atoms with Gasteiger partial charge < -0.3 is 10.2 Å². The largest absolute Gasteiger partial charge is 0.352 e. The van der Waals surface area contributed by atoms with Crippen LogP contribution in [-0.2, 0) is 9.59 Å². The van der Waals surface area contributed by atoms with Crippen LogP contribution in [-0.4, -0.2) is 59.9 Å². The van der Waals surface area contributed by atoms with Gasteiger partial charge >= 0.3 is 0 Å². The molecule has 0 aromatic carbocycles. The lowest BCUT2D eigenvalue weighted by Gasteiger charge is -2.38. The Bertz CT molecular complexity index is 365. The second kappa shape index (κ2) is 7.78. The molecule has 2 heterocycles. The lowest BCUT2D eigenvalue weighted by Crippen LogP contribution is -2.54. The Hall–Kier alpha value is -1.10. The van der Waals surface area contributed by atoms with Gasteiger partial charge in [0.25, 0.3) is 0 Å². The molecule has 0 aromatic rings. The van der Waals surface area contributed by atoms with Gasteiger partial charge in [-0.05, 0) is 39.2 Å². The zero-order valence-electron chi connectivity index (χ0n) is 13.4. The molecular formula is C16H29N3O2. The zero-order valence-corrected chi connectivity index (χ0v) is 13.4. The summed E-state index contributed by atoms with van der Waals surface area (Å²) in [5, 5.41) is 2.99. The topological polar surface area (TPSA) is 52.7 Å². The van der Waals surface area contributed by atoms with E-state index in [9.17, 15) is 9.59 Å². The van der Waals surface area contributed by atoms with Gasteiger partial charge in [-0.1, -0.05) is 12.8 Å². The summed E-state index contributed by atoms with van der Waals surface area (Å²) in [5.74, 6) is 0.286. The maximum absolute atomic E-state index is 12.7. The summed E-state index contributed by atoms with van der Waals surface area (Å²) >= 11 is 0. The highest BCUT2D eigenvalue weighted by Crippen LogP contribution is 2.17. The first kappa shape index (κ1) is 16.3. The molecule has 0 unspecified atom stereocenters. The number of piperidine rings is 1. The molecule has 0 spiro atoms. The Balaban J connectivity index is 1.89. The van der Waals surface area contributed by atoms with Gasteiger partial charge in [-0.2, -0.15) is 0 Å². The summed E-state index contributed by atoms with van der Waals surface area (Å²) in [6, 6.07) is 0.121. The minimum atomic E-state index is -0.0698. The monoisotopic (exact) mass is 295 g/mol. The van der Waals surface area contributed by atoms with E-state index in [1.807, 2.05) is 11.8 Å². The fourth-order valence-electron chi connectivity index (χ4n) is 3.47. The molecule has 2 saturated heterocycles. The first-order valence-corrected chi connectivity index (χ1v) is 8.38. The molecule has 5 heteroatoms. The van der Waals surface area contributed by atoms with Crippen LogP contribution in [0.3, 0.4) is 0 Å². The van der Waals surface area contributed by atoms with E-state index in [1.54, 1.807) is 6.92 Å². The molecule has 21 heavy (non-hydrogen) atoms. The quantitative estimate of drug-likeness (QED) is 0.856. The molecule has 2 aliphatic rings. The van der Waals surface area contributed by atoms with Crippen molar-refractivity contribution in [3.63, 3.8) is 0 Å². The van der Waals surface area contributed by atoms with Gasteiger partial charge in [0.1, 0.15) is 0 Å². The SMILES string of the molecule is CC(=O)N[C@H]1CCCN([C@H](C)C(=O)N2CCCCCC2)C1. The van der Waals surface area contributed by atoms with Gasteiger partial charge in [-0.3, -0.25) is 14.5 Å². The molecule has 0 radical (unpaired) electrons. The average Bonchev–Trinajstić information content (AvgIpc) is 2.74. The second-order valence-corrected chi connectivity index (χ2v) is 6.45. The lowest BCUT2D eigenvalue weighted by molar-refractivity contribution is -0.136. The van der Waals surface area contributed by atoms with Gasteiger partial charge in [-0.25, -0.2) is 0 Å². The highest BCUT2D eigenvalue weighted by Gasteiger charge is 2.30. The first-order valence-electron chi connectivity index (χ1n) is 8.38. The van der Waals surface area contributed by atoms with E-state index >= 15 is 0 Å². The summed E-state index contributed by atoms with van der Waals surface area (Å²) in [4.78, 5) is 28.2. The van der Waals surface area contributed by atoms with Crippen molar-refractivity contribution in [1.82, 2.24) is 15.1 Å². The minimum absolute atomic E-state index is 0.0216. The van der Waals surface area contributed by atoms with Crippen molar-refractivity contribution in [2.24, 2.45) is 0 Å². The summed E-state index contributed by atoms with van der Waals surface area (Å²) < 4.78 is 0. The summed E-state index contributed by atoms with van der Waals surface area (Å²) in [5.41, 5.74) is 0. The summed E-state index contributed by atoms with van der Waals surface area (Å²) in [7, 11) is 0. The molecule has 120 valence electrons. The minimum Gasteiger partial charge on any atom is -0.352 e. The molecular weight excluding hydrogens is 266 g/mol. The number of carbonyl (C=O) groups excluding carboxylic acids is 2. The van der Waals surface area contributed by atoms with Crippen molar-refractivity contribution in [3.8, 4) is 0 Å². The van der Waals surface area contributed by atoms with Gasteiger partial charge in [-0.15, -0.1) is 0 Å². The molecule has 0 aromatic heterocycles. The number of rotatable bonds is 3. The van der Waals surface area contributed by atoms with E-state index in [2.05, 4.69) is 10.2 Å². The molecule has 0 bridgehead atoms. The van der Waals surface area contributed by atoms with Crippen LogP contribution < -0.4 is 5.32 Å². The number of nitrogens with one attached hydrogen (secondary N) is 1. The second-order valence-electron chi connectivity index (χ2n) is 6.45. The van der Waals surface area contributed by atoms with Gasteiger partial charge in [0, 0.05) is 32.6 Å². The molecule has 0 aliphatic carbocycles. The Labute approximate surface area is 128 Å². The van der Waals surface area contributed by atoms with Crippen LogP contribution >= 0.6 is 0 Å². The van der Waals surface area contributed by atoms with Crippen molar-refractivity contribution in [1.29, 1.82) is 0 Å². The predicted octanol–water partition coefficient (Wildman–Crippen LogP) is 1.38. The fourth-order valence-corrected chi connectivity index (χ4v) is 3.47. The van der Waals surface area contributed by atoms with Crippen molar-refractivity contribution in [2.45, 2.75) is 64.5 Å². The Morgan fingerprint density at radius 2 is 1.71 bits per heavy atom. The van der Waals surface area contributed by atoms with E-state index in [0.29, 0.717) is 0 Å². The van der Waals surface area contributed by atoms with Crippen LogP contribution in [0.2, 0.25) is 0 Å². The fraction of sp³-hybridized carbons (Fsp3) is 0.875. The van der Waals surface area contributed by atoms with E-state index in [1.165, 1.54) is 12.8 Å². The average molecular weight is 295 g/mol. The predicted molar refractivity (Wildman–Crippen MR) is 82.9 cm³/mol. The highest BCUT2D eigenvalue weighted by molar-refractivity contribution is 5.81. The van der Waals surface area contributed by atoms with Crippen LogP contribution in [0.5, 0.6) is 0 Å². The normalized spacial score (nSPS) is 26.0.